The van der Waals surface area contributed by atoms with E-state index in [-0.39, 0.29) is 0 Å². The number of carbonyl (C=O) groups excluding carboxylic acids is 3. The van der Waals surface area contributed by atoms with Crippen molar-refractivity contribution in [2.24, 2.45) is 0 Å². The molecule has 4 aliphatic rings. The summed E-state index contributed by atoms with van der Waals surface area (Å²) in [5, 5.41) is 5.68. The van der Waals surface area contributed by atoms with E-state index >= 15 is 0 Å². The summed E-state index contributed by atoms with van der Waals surface area (Å²) in [4.78, 5) is 35.3. The Balaban J connectivity index is 1.51. The van der Waals surface area contributed by atoms with Crippen LogP contribution in [0, 0.1) is 0 Å². The molecule has 0 amide bonds. The number of nitrogens with one attached hydrogen (secondary N) is 3. The lowest BCUT2D eigenvalue weighted by atomic mass is 10.0. The van der Waals surface area contributed by atoms with Gasteiger partial charge in [-0.2, -0.15) is 0 Å². The van der Waals surface area contributed by atoms with Crippen molar-refractivity contribution in [3.63, 3.8) is 0 Å². The number of hydrogen-bond donors (Lipinski definition) is 3. The van der Waals surface area contributed by atoms with E-state index in [1.165, 1.54) is 0 Å². The minimum Gasteiger partial charge on any atom is -0.494 e. The Hall–Kier alpha value is -4.05. The van der Waals surface area contributed by atoms with Crippen molar-refractivity contribution in [1.29, 1.82) is 0 Å². The molecule has 3 atom stereocenters. The molecule has 12 heteroatoms. The van der Waals surface area contributed by atoms with E-state index in [1.807, 2.05) is 90.1 Å². The predicted molar refractivity (Wildman–Crippen MR) is 155 cm³/mol. The van der Waals surface area contributed by atoms with Gasteiger partial charge in [-0.3, -0.25) is 0 Å². The summed E-state index contributed by atoms with van der Waals surface area (Å²) in [7, 11) is 0. The molecule has 1 aliphatic heterocycles. The lowest BCUT2D eigenvalue weighted by Gasteiger charge is -2.45. The maximum Gasteiger partial charge on any atom is 0.130 e. The van der Waals surface area contributed by atoms with Crippen molar-refractivity contribution in [2.45, 2.75) is 38.9 Å². The van der Waals surface area contributed by atoms with Crippen molar-refractivity contribution in [3.05, 3.63) is 88.7 Å². The van der Waals surface area contributed by atoms with Gasteiger partial charge < -0.3 is 14.2 Å². The van der Waals surface area contributed by atoms with Gasteiger partial charge in [-0.1, -0.05) is 18.2 Å². The summed E-state index contributed by atoms with van der Waals surface area (Å²) in [6.07, 6.45) is 15.9. The van der Waals surface area contributed by atoms with Crippen LogP contribution in [0.3, 0.4) is 0 Å². The van der Waals surface area contributed by atoms with Gasteiger partial charge in [-0.25, -0.2) is 45.7 Å². The normalized spacial score (nSPS) is 24.8. The number of hydrogen-bond acceptors (Lipinski definition) is 12. The van der Waals surface area contributed by atoms with E-state index in [9.17, 15) is 14.4 Å². The summed E-state index contributed by atoms with van der Waals surface area (Å²) in [5.74, 6) is 7.79. The van der Waals surface area contributed by atoms with E-state index in [1.54, 1.807) is 18.2 Å². The smallest absolute Gasteiger partial charge is 0.130 e. The molecule has 12 nitrogen and oxygen atoms in total. The van der Waals surface area contributed by atoms with Crippen LogP contribution in [0.15, 0.2) is 88.7 Å². The van der Waals surface area contributed by atoms with Gasteiger partial charge in [0.15, 0.2) is 0 Å². The maximum absolute atomic E-state index is 11.8. The third kappa shape index (κ3) is 8.03. The molecule has 1 saturated heterocycles. The Morgan fingerprint density at radius 3 is 1.12 bits per heavy atom. The molecule has 1 heterocycles. The molecule has 3 aliphatic carbocycles. The number of ether oxygens (including phenoxy) is 3. The predicted octanol–water partition coefficient (Wildman–Crippen LogP) is 1.14. The lowest BCUT2D eigenvalue weighted by Crippen LogP contribution is -2.67. The number of rotatable bonds is 12. The highest BCUT2D eigenvalue weighted by atomic mass is 16.5. The van der Waals surface area contributed by atoms with Crippen LogP contribution >= 0.6 is 0 Å². The molecule has 3 N–H and O–H groups in total. The molecule has 0 spiro atoms. The molecule has 0 aromatic rings. The molecule has 222 valence electrons. The second-order valence-electron chi connectivity index (χ2n) is 9.55. The number of hydrazine groups is 3. The Bertz CT molecular complexity index is 1180. The maximum atomic E-state index is 11.8. The third-order valence-corrected chi connectivity index (χ3v) is 6.53. The topological polar surface area (TPSA) is 125 Å². The van der Waals surface area contributed by atoms with E-state index in [4.69, 9.17) is 14.2 Å². The fraction of sp³-hybridized carbons (Fsp3) is 0.400. The third-order valence-electron chi connectivity index (χ3n) is 6.53. The Kier molecular flexibility index (Phi) is 11.2. The van der Waals surface area contributed by atoms with Crippen LogP contribution in [0.4, 0.5) is 0 Å². The zero-order valence-electron chi connectivity index (χ0n) is 24.0. The summed E-state index contributed by atoms with van der Waals surface area (Å²) in [6, 6.07) is -1.33. The van der Waals surface area contributed by atoms with Crippen molar-refractivity contribution < 1.29 is 28.6 Å². The SMILES string of the molecule is CCOC1=CC(=C=O)C(NN2CN(NC3C=CC(OCC)=CC3=C=O)CN(NC3C=CC(OCC)=CC3=C=O)C2)C=C1. The lowest BCUT2D eigenvalue weighted by molar-refractivity contribution is -0.105. The molecular formula is C30H36N6O6. The summed E-state index contributed by atoms with van der Waals surface area (Å²) in [5.41, 5.74) is 11.3. The summed E-state index contributed by atoms with van der Waals surface area (Å²) >= 11 is 0. The molecule has 0 aromatic carbocycles. The Morgan fingerprint density at radius 2 is 0.881 bits per heavy atom. The highest BCUT2D eigenvalue weighted by molar-refractivity contribution is 5.64. The minimum absolute atomic E-state index is 0.375. The number of nitrogens with zero attached hydrogens (tertiary/aromatic N) is 3. The molecule has 3 unspecified atom stereocenters. The first-order chi connectivity index (χ1) is 20.5. The zero-order valence-corrected chi connectivity index (χ0v) is 24.0. The van der Waals surface area contributed by atoms with Crippen LogP contribution in [-0.4, -0.2) is 90.8 Å². The molecule has 0 radical (unpaired) electrons. The van der Waals surface area contributed by atoms with Crippen LogP contribution in [0.2, 0.25) is 0 Å². The van der Waals surface area contributed by atoms with Gasteiger partial charge in [0.05, 0.1) is 74.7 Å². The minimum atomic E-state index is -0.443. The Morgan fingerprint density at radius 1 is 0.595 bits per heavy atom. The van der Waals surface area contributed by atoms with Crippen molar-refractivity contribution in [2.75, 3.05) is 39.8 Å². The van der Waals surface area contributed by atoms with Gasteiger partial charge in [0.25, 0.3) is 0 Å². The standard InChI is InChI=1S/C30H36N6O6/c1-4-40-25-7-10-28(22(13-25)16-37)31-34-19-35(32-29-11-8-26(41-5-2)14-23(29)17-38)21-36(20-34)33-30-12-9-27(42-6-3)15-24(30)18-39/h7-15,28-33H,4-6,19-21H2,1-3H3. The van der Waals surface area contributed by atoms with Crippen LogP contribution < -0.4 is 16.3 Å². The average Bonchev–Trinajstić information content (AvgIpc) is 2.99. The van der Waals surface area contributed by atoms with Crippen LogP contribution in [-0.2, 0) is 28.6 Å². The molecule has 42 heavy (non-hydrogen) atoms. The van der Waals surface area contributed by atoms with E-state index in [2.05, 4.69) is 16.3 Å². The first-order valence-corrected chi connectivity index (χ1v) is 13.9. The second kappa shape index (κ2) is 15.3. The highest BCUT2D eigenvalue weighted by Crippen LogP contribution is 2.20. The van der Waals surface area contributed by atoms with Crippen LogP contribution in [0.5, 0.6) is 0 Å². The average molecular weight is 577 g/mol. The second-order valence-corrected chi connectivity index (χ2v) is 9.55. The largest absolute Gasteiger partial charge is 0.494 e. The first kappa shape index (κ1) is 30.9. The Labute approximate surface area is 245 Å². The van der Waals surface area contributed by atoms with Crippen molar-refractivity contribution in [3.8, 4) is 0 Å². The van der Waals surface area contributed by atoms with Gasteiger partial charge in [-0.15, -0.1) is 0 Å². The molecule has 0 aromatic heterocycles. The van der Waals surface area contributed by atoms with Crippen LogP contribution in [0.25, 0.3) is 0 Å². The van der Waals surface area contributed by atoms with Gasteiger partial charge in [0.2, 0.25) is 0 Å². The fourth-order valence-electron chi connectivity index (χ4n) is 4.73. The number of allylic oxidation sites excluding steroid dienone is 3. The molecule has 4 rings (SSSR count). The van der Waals surface area contributed by atoms with E-state index in [0.29, 0.717) is 73.8 Å². The van der Waals surface area contributed by atoms with Gasteiger partial charge in [0.1, 0.15) is 35.1 Å². The van der Waals surface area contributed by atoms with E-state index < -0.39 is 18.1 Å². The highest BCUT2D eigenvalue weighted by Gasteiger charge is 2.31. The summed E-state index contributed by atoms with van der Waals surface area (Å²) < 4.78 is 16.6. The van der Waals surface area contributed by atoms with E-state index in [0.717, 1.165) is 0 Å². The molecule has 1 fully saturated rings. The van der Waals surface area contributed by atoms with Crippen molar-refractivity contribution >= 4 is 17.8 Å². The first-order valence-electron chi connectivity index (χ1n) is 13.9. The zero-order chi connectivity index (χ0) is 29.9. The van der Waals surface area contributed by atoms with Gasteiger partial charge in [0, 0.05) is 0 Å². The monoisotopic (exact) mass is 576 g/mol. The molecule has 0 saturated carbocycles. The molecule has 0 bridgehead atoms. The molecular weight excluding hydrogens is 540 g/mol. The van der Waals surface area contributed by atoms with Gasteiger partial charge in [-0.05, 0) is 57.2 Å². The van der Waals surface area contributed by atoms with Gasteiger partial charge >= 0.3 is 0 Å². The summed E-state index contributed by atoms with van der Waals surface area (Å²) in [6.45, 7) is 8.20. The van der Waals surface area contributed by atoms with Crippen LogP contribution in [0.1, 0.15) is 20.8 Å². The quantitative estimate of drug-likeness (QED) is 0.289. The fourth-order valence-corrected chi connectivity index (χ4v) is 4.73. The van der Waals surface area contributed by atoms with Crippen molar-refractivity contribution in [1.82, 2.24) is 31.3 Å².